The van der Waals surface area contributed by atoms with Crippen LogP contribution in [0.5, 0.6) is 0 Å². The van der Waals surface area contributed by atoms with E-state index in [1.54, 1.807) is 0 Å². The van der Waals surface area contributed by atoms with Gasteiger partial charge in [-0.3, -0.25) is 4.79 Å². The van der Waals surface area contributed by atoms with E-state index in [1.165, 1.54) is 0 Å². The number of carboxylic acids is 1. The number of aliphatic hydroxyl groups is 1. The maximum Gasteiger partial charge on any atom is 0.430 e. The molecule has 0 radical (unpaired) electrons. The zero-order valence-corrected chi connectivity index (χ0v) is 10.1. The van der Waals surface area contributed by atoms with E-state index in [0.717, 1.165) is 0 Å². The fourth-order valence-corrected chi connectivity index (χ4v) is 1.63. The van der Waals surface area contributed by atoms with Gasteiger partial charge in [-0.2, -0.15) is 26.3 Å². The van der Waals surface area contributed by atoms with Crippen molar-refractivity contribution < 1.29 is 41.4 Å². The highest BCUT2D eigenvalue weighted by Crippen LogP contribution is 2.50. The number of alkyl halides is 6. The van der Waals surface area contributed by atoms with E-state index >= 15 is 0 Å². The van der Waals surface area contributed by atoms with Gasteiger partial charge in [0.05, 0.1) is 6.42 Å². The summed E-state index contributed by atoms with van der Waals surface area (Å²) in [5, 5.41) is 17.6. The van der Waals surface area contributed by atoms with Crippen molar-refractivity contribution in [1.29, 1.82) is 0 Å². The molecular weight excluding hydrogens is 308 g/mol. The third kappa shape index (κ3) is 3.04. The molecule has 1 aromatic carbocycles. The molecule has 0 atom stereocenters. The predicted molar refractivity (Wildman–Crippen MR) is 58.2 cm³/mol. The summed E-state index contributed by atoms with van der Waals surface area (Å²) in [5.41, 5.74) is -2.14. The summed E-state index contributed by atoms with van der Waals surface area (Å²) in [5.74, 6) is -1.36. The van der Waals surface area contributed by atoms with E-state index in [0.29, 0.717) is 12.1 Å². The van der Waals surface area contributed by atoms with Gasteiger partial charge in [0.15, 0.2) is 0 Å². The van der Waals surface area contributed by atoms with Crippen molar-refractivity contribution in [3.05, 3.63) is 29.3 Å². The SMILES string of the molecule is Nc1cc(C(O)(C(F)(F)F)C(F)(F)F)ccc1CC(=O)O. The van der Waals surface area contributed by atoms with Crippen molar-refractivity contribution in [3.63, 3.8) is 0 Å². The minimum absolute atomic E-state index is 0.169. The van der Waals surface area contributed by atoms with Crippen molar-refractivity contribution in [2.24, 2.45) is 0 Å². The Morgan fingerprint density at radius 3 is 1.90 bits per heavy atom. The number of hydrogen-bond acceptors (Lipinski definition) is 3. The molecule has 4 N–H and O–H groups in total. The summed E-state index contributed by atoms with van der Waals surface area (Å²) in [6.45, 7) is 0. The van der Waals surface area contributed by atoms with Crippen LogP contribution in [0.4, 0.5) is 32.0 Å². The fraction of sp³-hybridized carbons (Fsp3) is 0.364. The lowest BCUT2D eigenvalue weighted by atomic mass is 9.90. The van der Waals surface area contributed by atoms with Gasteiger partial charge in [-0.15, -0.1) is 0 Å². The first-order valence-electron chi connectivity index (χ1n) is 5.27. The average molecular weight is 317 g/mol. The zero-order valence-electron chi connectivity index (χ0n) is 10.1. The van der Waals surface area contributed by atoms with E-state index in [-0.39, 0.29) is 11.6 Å². The molecule has 0 spiro atoms. The van der Waals surface area contributed by atoms with Gasteiger partial charge in [0.1, 0.15) is 0 Å². The Balaban J connectivity index is 3.42. The van der Waals surface area contributed by atoms with Gasteiger partial charge >= 0.3 is 18.3 Å². The summed E-state index contributed by atoms with van der Waals surface area (Å²) in [6, 6.07) is 1.30. The minimum Gasteiger partial charge on any atom is -0.481 e. The Kier molecular flexibility index (Phi) is 4.15. The summed E-state index contributed by atoms with van der Waals surface area (Å²) in [4.78, 5) is 10.5. The topological polar surface area (TPSA) is 83.5 Å². The van der Waals surface area contributed by atoms with Gasteiger partial charge in [0.2, 0.25) is 0 Å². The van der Waals surface area contributed by atoms with Gasteiger partial charge in [-0.05, 0) is 11.6 Å². The second-order valence-electron chi connectivity index (χ2n) is 4.19. The molecule has 0 bridgehead atoms. The lowest BCUT2D eigenvalue weighted by molar-refractivity contribution is -0.376. The summed E-state index contributed by atoms with van der Waals surface area (Å²) in [7, 11) is 0. The van der Waals surface area contributed by atoms with Crippen molar-refractivity contribution >= 4 is 11.7 Å². The first kappa shape index (κ1) is 17.1. The second-order valence-corrected chi connectivity index (χ2v) is 4.19. The summed E-state index contributed by atoms with van der Waals surface area (Å²) >= 11 is 0. The first-order valence-corrected chi connectivity index (χ1v) is 5.27. The average Bonchev–Trinajstić information content (AvgIpc) is 2.27. The molecule has 118 valence electrons. The second kappa shape index (κ2) is 5.10. The van der Waals surface area contributed by atoms with E-state index in [1.807, 2.05) is 0 Å². The number of nitrogens with two attached hydrogens (primary N) is 1. The quantitative estimate of drug-likeness (QED) is 0.589. The Bertz CT molecular complexity index is 538. The number of halogens is 6. The summed E-state index contributed by atoms with van der Waals surface area (Å²) < 4.78 is 75.7. The molecule has 0 unspecified atom stereocenters. The standard InChI is InChI=1S/C11H9F6NO3/c12-10(13,14)9(21,11(15,16)17)6-2-1-5(3-8(19)20)7(18)4-6/h1-2,4,21H,3,18H2,(H,19,20). The smallest absolute Gasteiger partial charge is 0.430 e. The van der Waals surface area contributed by atoms with Gasteiger partial charge in [0, 0.05) is 11.3 Å². The molecule has 4 nitrogen and oxygen atoms in total. The largest absolute Gasteiger partial charge is 0.481 e. The Morgan fingerprint density at radius 2 is 1.57 bits per heavy atom. The van der Waals surface area contributed by atoms with Crippen LogP contribution in [-0.2, 0) is 16.8 Å². The molecule has 0 fully saturated rings. The summed E-state index contributed by atoms with van der Waals surface area (Å²) in [6.07, 6.45) is -12.7. The number of nitrogen functional groups attached to an aromatic ring is 1. The first-order chi connectivity index (χ1) is 9.30. The molecule has 21 heavy (non-hydrogen) atoms. The Hall–Kier alpha value is -1.97. The number of rotatable bonds is 3. The van der Waals surface area contributed by atoms with Crippen LogP contribution in [0.25, 0.3) is 0 Å². The highest BCUT2D eigenvalue weighted by Gasteiger charge is 2.71. The molecule has 0 amide bonds. The van der Waals surface area contributed by atoms with E-state index < -0.39 is 41.6 Å². The number of hydrogen-bond donors (Lipinski definition) is 3. The highest BCUT2D eigenvalue weighted by molar-refractivity contribution is 5.73. The molecule has 0 aliphatic heterocycles. The fourth-order valence-electron chi connectivity index (χ4n) is 1.63. The van der Waals surface area contributed by atoms with Gasteiger partial charge in [0.25, 0.3) is 5.60 Å². The number of aliphatic carboxylic acids is 1. The zero-order chi connectivity index (χ0) is 16.6. The lowest BCUT2D eigenvalue weighted by Crippen LogP contribution is -2.53. The van der Waals surface area contributed by atoms with Crippen LogP contribution < -0.4 is 5.73 Å². The number of carboxylic acid groups (broad SMARTS) is 1. The van der Waals surface area contributed by atoms with Crippen LogP contribution in [0, 0.1) is 0 Å². The van der Waals surface area contributed by atoms with Crippen molar-refractivity contribution in [1.82, 2.24) is 0 Å². The molecule has 0 aliphatic rings. The van der Waals surface area contributed by atoms with Crippen LogP contribution in [0.2, 0.25) is 0 Å². The number of anilines is 1. The van der Waals surface area contributed by atoms with Gasteiger partial charge < -0.3 is 15.9 Å². The van der Waals surface area contributed by atoms with Crippen LogP contribution in [0.1, 0.15) is 11.1 Å². The predicted octanol–water partition coefficient (Wildman–Crippen LogP) is 2.21. The molecule has 0 saturated carbocycles. The Labute approximate surface area is 113 Å². The number of benzene rings is 1. The van der Waals surface area contributed by atoms with Crippen LogP contribution in [0.15, 0.2) is 18.2 Å². The molecule has 0 saturated heterocycles. The maximum atomic E-state index is 12.6. The molecule has 1 aromatic rings. The monoisotopic (exact) mass is 317 g/mol. The Morgan fingerprint density at radius 1 is 1.10 bits per heavy atom. The van der Waals surface area contributed by atoms with E-state index in [9.17, 15) is 31.1 Å². The maximum absolute atomic E-state index is 12.6. The van der Waals surface area contributed by atoms with Crippen molar-refractivity contribution in [2.45, 2.75) is 24.4 Å². The molecule has 10 heteroatoms. The van der Waals surface area contributed by atoms with Crippen molar-refractivity contribution in [2.75, 3.05) is 5.73 Å². The van der Waals surface area contributed by atoms with E-state index in [2.05, 4.69) is 0 Å². The van der Waals surface area contributed by atoms with Crippen LogP contribution in [0.3, 0.4) is 0 Å². The van der Waals surface area contributed by atoms with Gasteiger partial charge in [-0.1, -0.05) is 12.1 Å². The molecule has 0 aliphatic carbocycles. The third-order valence-corrected chi connectivity index (χ3v) is 2.73. The number of carbonyl (C=O) groups is 1. The van der Waals surface area contributed by atoms with Crippen LogP contribution in [-0.4, -0.2) is 28.5 Å². The van der Waals surface area contributed by atoms with Crippen LogP contribution >= 0.6 is 0 Å². The van der Waals surface area contributed by atoms with Gasteiger partial charge in [-0.25, -0.2) is 0 Å². The lowest BCUT2D eigenvalue weighted by Gasteiger charge is -2.32. The minimum atomic E-state index is -6.02. The molecule has 1 rings (SSSR count). The molecule has 0 aromatic heterocycles. The molecular formula is C11H9F6NO3. The normalized spacial score (nSPS) is 13.3. The highest BCUT2D eigenvalue weighted by atomic mass is 19.4. The van der Waals surface area contributed by atoms with Crippen molar-refractivity contribution in [3.8, 4) is 0 Å². The third-order valence-electron chi connectivity index (χ3n) is 2.73. The van der Waals surface area contributed by atoms with E-state index in [4.69, 9.17) is 15.9 Å². The molecule has 0 heterocycles.